The second-order valence-electron chi connectivity index (χ2n) is 7.10. The summed E-state index contributed by atoms with van der Waals surface area (Å²) in [5.74, 6) is -1.45. The lowest BCUT2D eigenvalue weighted by Crippen LogP contribution is -2.30. The van der Waals surface area contributed by atoms with E-state index >= 15 is 0 Å². The third-order valence-corrected chi connectivity index (χ3v) is 5.86. The summed E-state index contributed by atoms with van der Waals surface area (Å²) in [6.07, 6.45) is -1.04. The largest absolute Gasteiger partial charge is 0.433 e. The predicted octanol–water partition coefficient (Wildman–Crippen LogP) is 2.37. The zero-order valence-corrected chi connectivity index (χ0v) is 18.1. The first-order chi connectivity index (χ1) is 16.1. The molecule has 3 aromatic rings. The molecule has 0 aliphatic carbocycles. The van der Waals surface area contributed by atoms with E-state index in [4.69, 9.17) is 0 Å². The number of fused-ring (bicyclic) bond motifs is 1. The van der Waals surface area contributed by atoms with Gasteiger partial charge in [-0.1, -0.05) is 0 Å². The maximum atomic E-state index is 12.8. The van der Waals surface area contributed by atoms with Gasteiger partial charge in [-0.3, -0.25) is 14.4 Å². The fourth-order valence-corrected chi connectivity index (χ4v) is 3.88. The number of carbonyl (C=O) groups excluding carboxylic acids is 3. The van der Waals surface area contributed by atoms with Crippen molar-refractivity contribution < 1.29 is 27.6 Å². The van der Waals surface area contributed by atoms with Crippen LogP contribution >= 0.6 is 11.3 Å². The first kappa shape index (κ1) is 23.2. The van der Waals surface area contributed by atoms with Crippen molar-refractivity contribution in [2.45, 2.75) is 32.0 Å². The summed E-state index contributed by atoms with van der Waals surface area (Å²) in [4.78, 5) is 55.7. The smallest absolute Gasteiger partial charge is 0.342 e. The third-order valence-electron chi connectivity index (χ3n) is 4.68. The topological polar surface area (TPSA) is 152 Å². The Labute approximate surface area is 193 Å². The highest BCUT2D eigenvalue weighted by Gasteiger charge is 2.33. The number of hydrogen-bond donors (Lipinski definition) is 3. The Bertz CT molecular complexity index is 1280. The molecule has 1 aliphatic heterocycles. The average Bonchev–Trinajstić information content (AvgIpc) is 3.29. The van der Waals surface area contributed by atoms with E-state index in [-0.39, 0.29) is 34.5 Å². The number of nitrogens with one attached hydrogen (secondary N) is 3. The zero-order chi connectivity index (χ0) is 24.5. The summed E-state index contributed by atoms with van der Waals surface area (Å²) in [6, 6.07) is 0.00628. The van der Waals surface area contributed by atoms with Crippen molar-refractivity contribution in [3.8, 4) is 0 Å². The van der Waals surface area contributed by atoms with Gasteiger partial charge in [-0.25, -0.2) is 24.9 Å². The number of nitrogens with zero attached hydrogens (tertiary/aromatic N) is 5. The number of amides is 3. The van der Waals surface area contributed by atoms with Crippen molar-refractivity contribution >= 4 is 40.7 Å². The minimum Gasteiger partial charge on any atom is -0.342 e. The van der Waals surface area contributed by atoms with Crippen LogP contribution in [0, 0.1) is 0 Å². The Hall–Kier alpha value is -4.01. The molecule has 4 heterocycles. The van der Waals surface area contributed by atoms with Gasteiger partial charge in [0.15, 0.2) is 0 Å². The van der Waals surface area contributed by atoms with Gasteiger partial charge in [-0.05, 0) is 13.3 Å². The first-order valence-corrected chi connectivity index (χ1v) is 10.5. The normalized spacial score (nSPS) is 14.1. The number of aromatic nitrogens is 5. The second-order valence-corrected chi connectivity index (χ2v) is 8.16. The lowest BCUT2D eigenvalue weighted by atomic mass is 10.0. The summed E-state index contributed by atoms with van der Waals surface area (Å²) in [5, 5.41) is 7.97. The summed E-state index contributed by atoms with van der Waals surface area (Å²) in [7, 11) is 0. The van der Waals surface area contributed by atoms with E-state index < -0.39 is 29.7 Å². The summed E-state index contributed by atoms with van der Waals surface area (Å²) < 4.78 is 38.4. The monoisotopic (exact) mass is 492 g/mol. The molecule has 0 aromatic carbocycles. The Morgan fingerprint density at radius 1 is 1.09 bits per heavy atom. The molecule has 1 aliphatic rings. The zero-order valence-electron chi connectivity index (χ0n) is 17.3. The molecule has 4 rings (SSSR count). The maximum Gasteiger partial charge on any atom is 0.433 e. The van der Waals surface area contributed by atoms with Gasteiger partial charge in [0.25, 0.3) is 11.8 Å². The molecular weight excluding hydrogens is 477 g/mol. The molecule has 3 N–H and O–H groups in total. The minimum absolute atomic E-state index is 0.102. The highest BCUT2D eigenvalue weighted by molar-refractivity contribution is 7.13. The van der Waals surface area contributed by atoms with Crippen LogP contribution in [-0.2, 0) is 17.4 Å². The van der Waals surface area contributed by atoms with Gasteiger partial charge in [-0.2, -0.15) is 13.2 Å². The number of rotatable bonds is 5. The maximum absolute atomic E-state index is 12.8. The van der Waals surface area contributed by atoms with Crippen LogP contribution in [-0.4, -0.2) is 42.6 Å². The van der Waals surface area contributed by atoms with Gasteiger partial charge >= 0.3 is 6.18 Å². The molecule has 11 nitrogen and oxygen atoms in total. The van der Waals surface area contributed by atoms with Crippen molar-refractivity contribution in [1.29, 1.82) is 0 Å². The number of alkyl halides is 3. The number of thiazole rings is 1. The Balaban J connectivity index is 1.43. The molecular formula is C19H15F3N8O3S. The third kappa shape index (κ3) is 4.98. The fraction of sp³-hybridized carbons (Fsp3) is 0.263. The molecule has 3 amide bonds. The van der Waals surface area contributed by atoms with Crippen molar-refractivity contribution in [2.24, 2.45) is 0 Å². The second kappa shape index (κ2) is 9.09. The van der Waals surface area contributed by atoms with Gasteiger partial charge in [-0.15, -0.1) is 11.3 Å². The van der Waals surface area contributed by atoms with Crippen molar-refractivity contribution in [3.63, 3.8) is 0 Å². The van der Waals surface area contributed by atoms with E-state index in [9.17, 15) is 27.6 Å². The highest BCUT2D eigenvalue weighted by atomic mass is 32.1. The standard InChI is InChI=1S/C19H15F3N8O3S/c1-8(28-17(33)14-9-2-3-13(31)30-15(9)27-7-26-14)18-23-5-10(34-18)16(32)29-12-4-11(19(20,21)22)24-6-25-12/h4-8H,2-3H2,1H3,(H,28,33)(H,24,25,29,32)(H,26,27,30,31)/t8-/m1/s1. The summed E-state index contributed by atoms with van der Waals surface area (Å²) in [6.45, 7) is 1.65. The van der Waals surface area contributed by atoms with Crippen molar-refractivity contribution in [2.75, 3.05) is 10.6 Å². The van der Waals surface area contributed by atoms with Crippen LogP contribution in [0.15, 0.2) is 24.9 Å². The molecule has 0 radical (unpaired) electrons. The molecule has 0 saturated heterocycles. The lowest BCUT2D eigenvalue weighted by Gasteiger charge is -2.18. The Morgan fingerprint density at radius 3 is 2.62 bits per heavy atom. The molecule has 0 spiro atoms. The average molecular weight is 492 g/mol. The van der Waals surface area contributed by atoms with E-state index in [1.807, 2.05) is 0 Å². The van der Waals surface area contributed by atoms with Gasteiger partial charge in [0.1, 0.15) is 45.6 Å². The van der Waals surface area contributed by atoms with Crippen LogP contribution in [0.1, 0.15) is 55.8 Å². The molecule has 34 heavy (non-hydrogen) atoms. The first-order valence-electron chi connectivity index (χ1n) is 9.72. The van der Waals surface area contributed by atoms with E-state index in [1.165, 1.54) is 12.5 Å². The molecule has 3 aromatic heterocycles. The van der Waals surface area contributed by atoms with Crippen LogP contribution in [0.3, 0.4) is 0 Å². The van der Waals surface area contributed by atoms with Crippen LogP contribution in [0.4, 0.5) is 24.8 Å². The Kier molecular flexibility index (Phi) is 6.19. The Morgan fingerprint density at radius 2 is 1.85 bits per heavy atom. The molecule has 0 fully saturated rings. The minimum atomic E-state index is -4.68. The number of carbonyl (C=O) groups is 3. The molecule has 0 bridgehead atoms. The van der Waals surface area contributed by atoms with Gasteiger partial charge in [0.05, 0.1) is 12.2 Å². The van der Waals surface area contributed by atoms with Gasteiger partial charge in [0, 0.05) is 18.1 Å². The SMILES string of the molecule is C[C@@H](NC(=O)c1ncnc2c1CCC(=O)N2)c1ncc(C(=O)Nc2cc(C(F)(F)F)ncn2)s1. The van der Waals surface area contributed by atoms with Gasteiger partial charge < -0.3 is 16.0 Å². The quantitative estimate of drug-likeness (QED) is 0.491. The van der Waals surface area contributed by atoms with Gasteiger partial charge in [0.2, 0.25) is 5.91 Å². The molecule has 0 saturated carbocycles. The summed E-state index contributed by atoms with van der Waals surface area (Å²) in [5.41, 5.74) is -0.546. The number of halogens is 3. The molecule has 1 atom stereocenters. The van der Waals surface area contributed by atoms with E-state index in [0.717, 1.165) is 11.3 Å². The van der Waals surface area contributed by atoms with Crippen LogP contribution in [0.2, 0.25) is 0 Å². The van der Waals surface area contributed by atoms with E-state index in [2.05, 4.69) is 40.9 Å². The summed E-state index contributed by atoms with van der Waals surface area (Å²) >= 11 is 0.951. The molecule has 176 valence electrons. The van der Waals surface area contributed by atoms with Crippen LogP contribution < -0.4 is 16.0 Å². The van der Waals surface area contributed by atoms with Crippen molar-refractivity contribution in [3.05, 3.63) is 51.8 Å². The lowest BCUT2D eigenvalue weighted by molar-refractivity contribution is -0.141. The van der Waals surface area contributed by atoms with E-state index in [1.54, 1.807) is 6.92 Å². The highest BCUT2D eigenvalue weighted by Crippen LogP contribution is 2.29. The number of hydrogen-bond acceptors (Lipinski definition) is 9. The van der Waals surface area contributed by atoms with Crippen LogP contribution in [0.5, 0.6) is 0 Å². The predicted molar refractivity (Wildman–Crippen MR) is 112 cm³/mol. The molecule has 0 unspecified atom stereocenters. The van der Waals surface area contributed by atoms with E-state index in [0.29, 0.717) is 29.4 Å². The molecule has 15 heteroatoms. The fourth-order valence-electron chi connectivity index (χ4n) is 3.06. The van der Waals surface area contributed by atoms with Crippen molar-refractivity contribution in [1.82, 2.24) is 30.2 Å². The number of anilines is 2. The van der Waals surface area contributed by atoms with Crippen LogP contribution in [0.25, 0.3) is 0 Å².